The first-order chi connectivity index (χ1) is 14.0. The Kier molecular flexibility index (Phi) is 5.13. The van der Waals surface area contributed by atoms with Crippen molar-refractivity contribution in [2.45, 2.75) is 39.7 Å². The fourth-order valence-corrected chi connectivity index (χ4v) is 4.04. The minimum absolute atomic E-state index is 0.0570. The molecule has 0 saturated carbocycles. The maximum Gasteiger partial charge on any atom is 0.227 e. The highest BCUT2D eigenvalue weighted by atomic mass is 16.3. The third-order valence-electron chi connectivity index (χ3n) is 5.60. The van der Waals surface area contributed by atoms with Gasteiger partial charge in [-0.3, -0.25) is 14.4 Å². The molecule has 0 spiro atoms. The van der Waals surface area contributed by atoms with E-state index in [0.29, 0.717) is 31.8 Å². The van der Waals surface area contributed by atoms with Gasteiger partial charge in [-0.1, -0.05) is 6.92 Å². The van der Waals surface area contributed by atoms with Gasteiger partial charge in [-0.15, -0.1) is 0 Å². The number of anilines is 2. The van der Waals surface area contributed by atoms with Crippen molar-refractivity contribution in [1.82, 2.24) is 5.32 Å². The van der Waals surface area contributed by atoms with Gasteiger partial charge in [-0.05, 0) is 49.2 Å². The lowest BCUT2D eigenvalue weighted by Crippen LogP contribution is -2.32. The van der Waals surface area contributed by atoms with Crippen LogP contribution in [-0.4, -0.2) is 30.8 Å². The highest BCUT2D eigenvalue weighted by Gasteiger charge is 2.36. The predicted octanol–water partition coefficient (Wildman–Crippen LogP) is 2.56. The molecule has 29 heavy (non-hydrogen) atoms. The summed E-state index contributed by atoms with van der Waals surface area (Å²) in [5.74, 6) is 1.02. The fourth-order valence-electron chi connectivity index (χ4n) is 4.04. The van der Waals surface area contributed by atoms with Crippen LogP contribution in [-0.2, 0) is 27.3 Å². The normalized spacial score (nSPS) is 18.3. The van der Waals surface area contributed by atoms with E-state index in [0.717, 1.165) is 29.1 Å². The van der Waals surface area contributed by atoms with Crippen molar-refractivity contribution >= 4 is 29.1 Å². The van der Waals surface area contributed by atoms with Gasteiger partial charge in [0.05, 0.1) is 12.5 Å². The maximum atomic E-state index is 12.5. The van der Waals surface area contributed by atoms with Gasteiger partial charge in [0.25, 0.3) is 0 Å². The van der Waals surface area contributed by atoms with E-state index in [1.807, 2.05) is 44.2 Å². The van der Waals surface area contributed by atoms with Crippen LogP contribution in [0.25, 0.3) is 0 Å². The highest BCUT2D eigenvalue weighted by molar-refractivity contribution is 6.01. The van der Waals surface area contributed by atoms with Crippen LogP contribution >= 0.6 is 0 Å². The Labute approximate surface area is 169 Å². The van der Waals surface area contributed by atoms with Crippen LogP contribution in [0, 0.1) is 12.8 Å². The molecule has 7 heteroatoms. The molecule has 1 fully saturated rings. The number of benzene rings is 1. The molecule has 1 N–H and O–H groups in total. The van der Waals surface area contributed by atoms with Crippen molar-refractivity contribution < 1.29 is 18.8 Å². The molecule has 152 valence electrons. The first-order valence-electron chi connectivity index (χ1n) is 10.0. The molecule has 0 radical (unpaired) electrons. The number of furan rings is 1. The van der Waals surface area contributed by atoms with Gasteiger partial charge in [-0.25, -0.2) is 0 Å². The van der Waals surface area contributed by atoms with Crippen LogP contribution in [0.5, 0.6) is 0 Å². The molecule has 1 atom stereocenters. The SMILES string of the molecule is CCC(=O)N1CCc2cc(N3C[C@@H](C(=O)NCc4ccc(C)o4)CC3=O)ccc21. The third kappa shape index (κ3) is 3.77. The van der Waals surface area contributed by atoms with Crippen LogP contribution in [0.4, 0.5) is 11.4 Å². The molecular weight excluding hydrogens is 370 g/mol. The topological polar surface area (TPSA) is 82.9 Å². The van der Waals surface area contributed by atoms with Crippen molar-refractivity contribution in [2.24, 2.45) is 5.92 Å². The van der Waals surface area contributed by atoms with E-state index in [1.54, 1.807) is 9.80 Å². The molecular formula is C22H25N3O4. The van der Waals surface area contributed by atoms with Crippen LogP contribution in [0.2, 0.25) is 0 Å². The lowest BCUT2D eigenvalue weighted by Gasteiger charge is -2.20. The van der Waals surface area contributed by atoms with Crippen molar-refractivity contribution in [3.05, 3.63) is 47.4 Å². The second kappa shape index (κ2) is 7.73. The van der Waals surface area contributed by atoms with Gasteiger partial charge < -0.3 is 19.5 Å². The Hall–Kier alpha value is -3.09. The Morgan fingerprint density at radius 2 is 2.07 bits per heavy atom. The number of amides is 3. The molecule has 0 bridgehead atoms. The number of hydrogen-bond acceptors (Lipinski definition) is 4. The summed E-state index contributed by atoms with van der Waals surface area (Å²) in [6.45, 7) is 5.06. The van der Waals surface area contributed by atoms with Crippen molar-refractivity contribution in [3.63, 3.8) is 0 Å². The predicted molar refractivity (Wildman–Crippen MR) is 109 cm³/mol. The molecule has 2 aromatic rings. The van der Waals surface area contributed by atoms with Crippen LogP contribution in [0.1, 0.15) is 36.8 Å². The maximum absolute atomic E-state index is 12.5. The number of nitrogens with zero attached hydrogens (tertiary/aromatic N) is 2. The average Bonchev–Trinajstić information content (AvgIpc) is 3.43. The van der Waals surface area contributed by atoms with Gasteiger partial charge in [0.2, 0.25) is 17.7 Å². The van der Waals surface area contributed by atoms with E-state index in [-0.39, 0.29) is 30.1 Å². The van der Waals surface area contributed by atoms with Crippen LogP contribution in [0.15, 0.2) is 34.7 Å². The summed E-state index contributed by atoms with van der Waals surface area (Å²) < 4.78 is 5.46. The number of hydrogen-bond donors (Lipinski definition) is 1. The van der Waals surface area contributed by atoms with Gasteiger partial charge >= 0.3 is 0 Å². The molecule has 4 rings (SSSR count). The zero-order valence-corrected chi connectivity index (χ0v) is 16.7. The first-order valence-corrected chi connectivity index (χ1v) is 10.0. The molecule has 3 heterocycles. The van der Waals surface area contributed by atoms with Gasteiger partial charge in [0, 0.05) is 37.3 Å². The lowest BCUT2D eigenvalue weighted by atomic mass is 10.1. The first kappa shape index (κ1) is 19.2. The molecule has 0 unspecified atom stereocenters. The highest BCUT2D eigenvalue weighted by Crippen LogP contribution is 2.34. The summed E-state index contributed by atoms with van der Waals surface area (Å²) in [5.41, 5.74) is 2.78. The number of rotatable bonds is 5. The van der Waals surface area contributed by atoms with E-state index in [4.69, 9.17) is 4.42 Å². The molecule has 1 saturated heterocycles. The minimum Gasteiger partial charge on any atom is -0.465 e. The quantitative estimate of drug-likeness (QED) is 0.843. The summed E-state index contributed by atoms with van der Waals surface area (Å²) in [6.07, 6.45) is 1.45. The Balaban J connectivity index is 1.42. The summed E-state index contributed by atoms with van der Waals surface area (Å²) in [4.78, 5) is 40.6. The second-order valence-electron chi connectivity index (χ2n) is 7.60. The van der Waals surface area contributed by atoms with Crippen LogP contribution < -0.4 is 15.1 Å². The minimum atomic E-state index is -0.384. The molecule has 2 aliphatic heterocycles. The van der Waals surface area contributed by atoms with Crippen molar-refractivity contribution in [3.8, 4) is 0 Å². The number of nitrogens with one attached hydrogen (secondary N) is 1. The van der Waals surface area contributed by atoms with Gasteiger partial charge in [0.15, 0.2) is 0 Å². The number of aryl methyl sites for hydroxylation is 1. The van der Waals surface area contributed by atoms with E-state index in [9.17, 15) is 14.4 Å². The summed E-state index contributed by atoms with van der Waals surface area (Å²) in [5, 5.41) is 2.86. The summed E-state index contributed by atoms with van der Waals surface area (Å²) in [7, 11) is 0. The average molecular weight is 395 g/mol. The van der Waals surface area contributed by atoms with E-state index in [1.165, 1.54) is 0 Å². The van der Waals surface area contributed by atoms with Gasteiger partial charge in [-0.2, -0.15) is 0 Å². The lowest BCUT2D eigenvalue weighted by molar-refractivity contribution is -0.126. The Morgan fingerprint density at radius 3 is 2.79 bits per heavy atom. The largest absolute Gasteiger partial charge is 0.465 e. The van der Waals surface area contributed by atoms with E-state index in [2.05, 4.69) is 5.32 Å². The smallest absolute Gasteiger partial charge is 0.227 e. The van der Waals surface area contributed by atoms with Gasteiger partial charge in [0.1, 0.15) is 11.5 Å². The zero-order valence-electron chi connectivity index (χ0n) is 16.7. The number of fused-ring (bicyclic) bond motifs is 1. The van der Waals surface area contributed by atoms with Crippen molar-refractivity contribution in [1.29, 1.82) is 0 Å². The standard InChI is InChI=1S/C22H25N3O4/c1-3-20(26)24-9-8-15-10-17(5-7-19(15)24)25-13-16(11-21(25)27)22(28)23-12-18-6-4-14(2)29-18/h4-7,10,16H,3,8-9,11-13H2,1-2H3,(H,23,28)/t16-/m0/s1. The Morgan fingerprint density at radius 1 is 1.24 bits per heavy atom. The molecule has 0 aliphatic carbocycles. The third-order valence-corrected chi connectivity index (χ3v) is 5.60. The van der Waals surface area contributed by atoms with E-state index < -0.39 is 0 Å². The molecule has 3 amide bonds. The zero-order chi connectivity index (χ0) is 20.5. The van der Waals surface area contributed by atoms with Crippen molar-refractivity contribution in [2.75, 3.05) is 22.9 Å². The summed E-state index contributed by atoms with van der Waals surface area (Å²) >= 11 is 0. The van der Waals surface area contributed by atoms with E-state index >= 15 is 0 Å². The fraction of sp³-hybridized carbons (Fsp3) is 0.409. The molecule has 2 aliphatic rings. The summed E-state index contributed by atoms with van der Waals surface area (Å²) in [6, 6.07) is 9.43. The molecule has 1 aromatic carbocycles. The monoisotopic (exact) mass is 395 g/mol. The number of carbonyl (C=O) groups is 3. The number of carbonyl (C=O) groups excluding carboxylic acids is 3. The second-order valence-corrected chi connectivity index (χ2v) is 7.60. The molecule has 1 aromatic heterocycles. The Bertz CT molecular complexity index is 965. The van der Waals surface area contributed by atoms with Crippen LogP contribution in [0.3, 0.4) is 0 Å². The molecule has 7 nitrogen and oxygen atoms in total.